The van der Waals surface area contributed by atoms with Gasteiger partial charge in [-0.05, 0) is 42.7 Å². The summed E-state index contributed by atoms with van der Waals surface area (Å²) in [6.07, 6.45) is 5.07. The molecule has 1 saturated heterocycles. The van der Waals surface area contributed by atoms with E-state index in [1.54, 1.807) is 18.3 Å². The largest absolute Gasteiger partial charge is 0.478 e. The van der Waals surface area contributed by atoms with Gasteiger partial charge in [0.1, 0.15) is 11.4 Å². The Kier molecular flexibility index (Phi) is 4.31. The van der Waals surface area contributed by atoms with E-state index in [1.807, 2.05) is 0 Å². The van der Waals surface area contributed by atoms with Crippen LogP contribution in [0.15, 0.2) is 18.3 Å². The van der Waals surface area contributed by atoms with Crippen LogP contribution in [0.1, 0.15) is 50.4 Å². The van der Waals surface area contributed by atoms with Gasteiger partial charge in [-0.1, -0.05) is 20.8 Å². The number of hydrogen-bond donors (Lipinski definition) is 1. The second-order valence-electron chi connectivity index (χ2n) is 6.66. The maximum Gasteiger partial charge on any atom is 0.339 e. The van der Waals surface area contributed by atoms with Crippen LogP contribution in [-0.4, -0.2) is 29.1 Å². The molecule has 1 aliphatic heterocycles. The van der Waals surface area contributed by atoms with Crippen molar-refractivity contribution in [2.45, 2.75) is 40.0 Å². The molecule has 4 heteroatoms. The Morgan fingerprint density at radius 2 is 2.10 bits per heavy atom. The van der Waals surface area contributed by atoms with Crippen molar-refractivity contribution in [3.05, 3.63) is 23.9 Å². The first kappa shape index (κ1) is 14.8. The molecule has 1 fully saturated rings. The van der Waals surface area contributed by atoms with Crippen molar-refractivity contribution in [1.82, 2.24) is 4.98 Å². The summed E-state index contributed by atoms with van der Waals surface area (Å²) >= 11 is 0. The summed E-state index contributed by atoms with van der Waals surface area (Å²) in [5.41, 5.74) is 0.622. The fourth-order valence-corrected chi connectivity index (χ4v) is 2.99. The smallest absolute Gasteiger partial charge is 0.339 e. The molecule has 1 unspecified atom stereocenters. The normalized spacial score (nSPS) is 20.6. The lowest BCUT2D eigenvalue weighted by molar-refractivity contribution is 0.0697. The Balaban J connectivity index is 2.17. The van der Waals surface area contributed by atoms with Crippen molar-refractivity contribution in [2.75, 3.05) is 18.0 Å². The van der Waals surface area contributed by atoms with Gasteiger partial charge in [-0.15, -0.1) is 0 Å². The summed E-state index contributed by atoms with van der Waals surface area (Å²) < 4.78 is 0. The van der Waals surface area contributed by atoms with Gasteiger partial charge in [0.2, 0.25) is 0 Å². The van der Waals surface area contributed by atoms with Crippen molar-refractivity contribution >= 4 is 11.8 Å². The number of rotatable bonds is 2. The third-order valence-corrected chi connectivity index (χ3v) is 4.27. The van der Waals surface area contributed by atoms with E-state index in [-0.39, 0.29) is 0 Å². The molecule has 1 atom stereocenters. The number of nitrogens with zero attached hydrogens (tertiary/aromatic N) is 2. The van der Waals surface area contributed by atoms with Crippen LogP contribution < -0.4 is 4.90 Å². The highest BCUT2D eigenvalue weighted by Gasteiger charge is 2.28. The number of carboxylic acids is 1. The average molecular weight is 276 g/mol. The molecule has 0 bridgehead atoms. The quantitative estimate of drug-likeness (QED) is 0.899. The molecular formula is C16H24N2O2. The van der Waals surface area contributed by atoms with Gasteiger partial charge in [-0.2, -0.15) is 0 Å². The molecule has 4 nitrogen and oxygen atoms in total. The highest BCUT2D eigenvalue weighted by atomic mass is 16.4. The number of carbonyl (C=O) groups is 1. The molecule has 2 rings (SSSR count). The van der Waals surface area contributed by atoms with Gasteiger partial charge in [0.05, 0.1) is 0 Å². The molecule has 0 radical (unpaired) electrons. The Hall–Kier alpha value is -1.58. The molecule has 0 spiro atoms. The highest BCUT2D eigenvalue weighted by molar-refractivity contribution is 5.93. The van der Waals surface area contributed by atoms with E-state index in [2.05, 4.69) is 30.7 Å². The molecule has 110 valence electrons. The van der Waals surface area contributed by atoms with E-state index in [0.717, 1.165) is 25.9 Å². The number of hydrogen-bond acceptors (Lipinski definition) is 3. The summed E-state index contributed by atoms with van der Waals surface area (Å²) in [6.45, 7) is 8.65. The van der Waals surface area contributed by atoms with Gasteiger partial charge in [0.15, 0.2) is 0 Å². The zero-order valence-corrected chi connectivity index (χ0v) is 12.6. The van der Waals surface area contributed by atoms with Gasteiger partial charge >= 0.3 is 5.97 Å². The minimum atomic E-state index is -0.898. The van der Waals surface area contributed by atoms with Crippen LogP contribution in [-0.2, 0) is 0 Å². The summed E-state index contributed by atoms with van der Waals surface area (Å²) in [5.74, 6) is 0.406. The second kappa shape index (κ2) is 5.81. The SMILES string of the molecule is CC(C)(C)C1CCCN(c2ncccc2C(=O)O)CC1. The van der Waals surface area contributed by atoms with Crippen LogP contribution in [0.4, 0.5) is 5.82 Å². The maximum atomic E-state index is 11.3. The lowest BCUT2D eigenvalue weighted by Crippen LogP contribution is -2.28. The maximum absolute atomic E-state index is 11.3. The molecule has 1 N–H and O–H groups in total. The Labute approximate surface area is 120 Å². The molecule has 1 aromatic rings. The summed E-state index contributed by atoms with van der Waals surface area (Å²) in [7, 11) is 0. The predicted molar refractivity (Wildman–Crippen MR) is 80.2 cm³/mol. The van der Waals surface area contributed by atoms with E-state index in [1.165, 1.54) is 6.42 Å². The van der Waals surface area contributed by atoms with Crippen molar-refractivity contribution in [3.8, 4) is 0 Å². The van der Waals surface area contributed by atoms with E-state index in [0.29, 0.717) is 22.7 Å². The summed E-state index contributed by atoms with van der Waals surface area (Å²) in [4.78, 5) is 17.7. The summed E-state index contributed by atoms with van der Waals surface area (Å²) in [5, 5.41) is 9.28. The Morgan fingerprint density at radius 3 is 2.75 bits per heavy atom. The number of anilines is 1. The van der Waals surface area contributed by atoms with Crippen molar-refractivity contribution in [1.29, 1.82) is 0 Å². The first-order valence-electron chi connectivity index (χ1n) is 7.33. The monoisotopic (exact) mass is 276 g/mol. The van der Waals surface area contributed by atoms with Gasteiger partial charge in [0, 0.05) is 19.3 Å². The first-order valence-corrected chi connectivity index (χ1v) is 7.33. The minimum Gasteiger partial charge on any atom is -0.478 e. The molecule has 20 heavy (non-hydrogen) atoms. The van der Waals surface area contributed by atoms with Crippen LogP contribution in [0.25, 0.3) is 0 Å². The van der Waals surface area contributed by atoms with Gasteiger partial charge < -0.3 is 10.0 Å². The average Bonchev–Trinajstić information content (AvgIpc) is 2.63. The molecule has 1 aliphatic rings. The molecule has 0 saturated carbocycles. The van der Waals surface area contributed by atoms with Gasteiger partial charge in [-0.25, -0.2) is 9.78 Å². The standard InChI is InChI=1S/C16H24N2O2/c1-16(2,3)12-6-5-10-18(11-8-12)14-13(15(19)20)7-4-9-17-14/h4,7,9,12H,5-6,8,10-11H2,1-3H3,(H,19,20). The Bertz CT molecular complexity index is 480. The van der Waals surface area contributed by atoms with Crippen molar-refractivity contribution < 1.29 is 9.90 Å². The van der Waals surface area contributed by atoms with Crippen LogP contribution >= 0.6 is 0 Å². The third kappa shape index (κ3) is 3.30. The summed E-state index contributed by atoms with van der Waals surface area (Å²) in [6, 6.07) is 3.32. The first-order chi connectivity index (χ1) is 9.39. The third-order valence-electron chi connectivity index (χ3n) is 4.27. The van der Waals surface area contributed by atoms with E-state index in [4.69, 9.17) is 0 Å². The second-order valence-corrected chi connectivity index (χ2v) is 6.66. The zero-order chi connectivity index (χ0) is 14.8. The molecule has 2 heterocycles. The zero-order valence-electron chi connectivity index (χ0n) is 12.6. The van der Waals surface area contributed by atoms with Gasteiger partial charge in [-0.3, -0.25) is 0 Å². The lowest BCUT2D eigenvalue weighted by atomic mass is 9.77. The fraction of sp³-hybridized carbons (Fsp3) is 0.625. The highest BCUT2D eigenvalue weighted by Crippen LogP contribution is 2.35. The van der Waals surface area contributed by atoms with E-state index in [9.17, 15) is 9.90 Å². The molecule has 0 amide bonds. The lowest BCUT2D eigenvalue weighted by Gasteiger charge is -2.30. The number of carboxylic acid groups (broad SMARTS) is 1. The van der Waals surface area contributed by atoms with Crippen molar-refractivity contribution in [2.24, 2.45) is 11.3 Å². The van der Waals surface area contributed by atoms with Gasteiger partial charge in [0.25, 0.3) is 0 Å². The number of pyridine rings is 1. The Morgan fingerprint density at radius 1 is 1.35 bits per heavy atom. The van der Waals surface area contributed by atoms with Crippen LogP contribution in [0.2, 0.25) is 0 Å². The molecule has 0 aliphatic carbocycles. The van der Waals surface area contributed by atoms with Crippen LogP contribution in [0.3, 0.4) is 0 Å². The van der Waals surface area contributed by atoms with Crippen LogP contribution in [0, 0.1) is 11.3 Å². The van der Waals surface area contributed by atoms with E-state index >= 15 is 0 Å². The fourth-order valence-electron chi connectivity index (χ4n) is 2.99. The molecular weight excluding hydrogens is 252 g/mol. The molecule has 0 aromatic carbocycles. The predicted octanol–water partition coefficient (Wildman–Crippen LogP) is 3.43. The van der Waals surface area contributed by atoms with Crippen molar-refractivity contribution in [3.63, 3.8) is 0 Å². The van der Waals surface area contributed by atoms with E-state index < -0.39 is 5.97 Å². The minimum absolute atomic E-state index is 0.307. The number of aromatic nitrogens is 1. The number of aromatic carboxylic acids is 1. The molecule has 1 aromatic heterocycles. The topological polar surface area (TPSA) is 53.4 Å². The van der Waals surface area contributed by atoms with Crippen LogP contribution in [0.5, 0.6) is 0 Å².